The largest absolute Gasteiger partial charge is 0.507 e. The number of carbonyl (C=O) groups is 2. The van der Waals surface area contributed by atoms with Gasteiger partial charge >= 0.3 is 0 Å². The number of benzene rings is 2. The van der Waals surface area contributed by atoms with Crippen molar-refractivity contribution in [1.82, 2.24) is 14.9 Å². The average Bonchev–Trinajstić information content (AvgIpc) is 3.46. The van der Waals surface area contributed by atoms with Gasteiger partial charge in [0.05, 0.1) is 21.5 Å². The van der Waals surface area contributed by atoms with E-state index in [0.29, 0.717) is 24.2 Å². The fourth-order valence-corrected chi connectivity index (χ4v) is 3.98. The monoisotopic (exact) mass is 477 g/mol. The number of Topliss-reactive ketones (excluding diaryl/α,β-unsaturated/α-hetero) is 1. The molecule has 12 heteroatoms. The molecule has 3 aromatic rings. The number of likely N-dealkylation sites (tertiary alicyclic amines) is 1. The smallest absolute Gasteiger partial charge is 0.295 e. The molecule has 1 aliphatic rings. The maximum absolute atomic E-state index is 13.0. The number of nitrogens with zero attached hydrogens (tertiary/aromatic N) is 4. The number of aryl methyl sites for hydroxylation is 1. The standard InChI is InChI=1S/C23H19N5O7/c29-21(15-5-9-17(10-6-15)28(34)35)19-20(14-3-7-16(8-4-14)27(32)33)26(23(31)22(19)30)13-1-2-18-24-11-12-25-18/h3-12,20,29H,1-2,13H2,(H,24,25)/b21-19+. The van der Waals surface area contributed by atoms with Crippen LogP contribution in [0.2, 0.25) is 0 Å². The summed E-state index contributed by atoms with van der Waals surface area (Å²) in [6.07, 6.45) is 4.23. The third-order valence-corrected chi connectivity index (χ3v) is 5.68. The third-order valence-electron chi connectivity index (χ3n) is 5.68. The Morgan fingerprint density at radius 2 is 1.60 bits per heavy atom. The van der Waals surface area contributed by atoms with Crippen LogP contribution in [0, 0.1) is 20.2 Å². The summed E-state index contributed by atoms with van der Waals surface area (Å²) < 4.78 is 0. The zero-order valence-corrected chi connectivity index (χ0v) is 18.2. The van der Waals surface area contributed by atoms with Crippen LogP contribution in [0.4, 0.5) is 11.4 Å². The quantitative estimate of drug-likeness (QED) is 0.163. The fourth-order valence-electron chi connectivity index (χ4n) is 3.98. The summed E-state index contributed by atoms with van der Waals surface area (Å²) in [6, 6.07) is 9.28. The molecule has 4 rings (SSSR count). The minimum absolute atomic E-state index is 0.121. The molecule has 1 aromatic heterocycles. The van der Waals surface area contributed by atoms with Gasteiger partial charge < -0.3 is 15.0 Å². The van der Waals surface area contributed by atoms with Crippen molar-refractivity contribution in [1.29, 1.82) is 0 Å². The minimum atomic E-state index is -0.998. The summed E-state index contributed by atoms with van der Waals surface area (Å²) in [5, 5.41) is 33.0. The molecule has 35 heavy (non-hydrogen) atoms. The van der Waals surface area contributed by atoms with E-state index in [-0.39, 0.29) is 29.1 Å². The van der Waals surface area contributed by atoms with Crippen LogP contribution in [0.25, 0.3) is 5.76 Å². The van der Waals surface area contributed by atoms with E-state index >= 15 is 0 Å². The molecule has 1 saturated heterocycles. The van der Waals surface area contributed by atoms with Gasteiger partial charge in [-0.3, -0.25) is 29.8 Å². The lowest BCUT2D eigenvalue weighted by atomic mass is 9.95. The van der Waals surface area contributed by atoms with Crippen LogP contribution in [-0.2, 0) is 16.0 Å². The van der Waals surface area contributed by atoms with Gasteiger partial charge in [-0.1, -0.05) is 0 Å². The summed E-state index contributed by atoms with van der Waals surface area (Å²) in [7, 11) is 0. The van der Waals surface area contributed by atoms with Gasteiger partial charge in [-0.15, -0.1) is 0 Å². The van der Waals surface area contributed by atoms with E-state index in [2.05, 4.69) is 9.97 Å². The topological polar surface area (TPSA) is 173 Å². The molecular formula is C23H19N5O7. The van der Waals surface area contributed by atoms with Gasteiger partial charge in [0.1, 0.15) is 11.6 Å². The van der Waals surface area contributed by atoms with Crippen molar-refractivity contribution in [2.75, 3.05) is 6.54 Å². The highest BCUT2D eigenvalue weighted by molar-refractivity contribution is 6.46. The molecule has 1 unspecified atom stereocenters. The Kier molecular flexibility index (Phi) is 6.36. The number of nitrogens with one attached hydrogen (secondary N) is 1. The molecule has 2 heterocycles. The Morgan fingerprint density at radius 1 is 1.00 bits per heavy atom. The molecule has 0 spiro atoms. The Bertz CT molecular complexity index is 1320. The number of rotatable bonds is 8. The number of imidazole rings is 1. The first-order valence-corrected chi connectivity index (χ1v) is 10.5. The van der Waals surface area contributed by atoms with Crippen LogP contribution >= 0.6 is 0 Å². The highest BCUT2D eigenvalue weighted by Crippen LogP contribution is 2.40. The lowest BCUT2D eigenvalue weighted by Crippen LogP contribution is -2.31. The van der Waals surface area contributed by atoms with E-state index in [1.54, 1.807) is 12.4 Å². The summed E-state index contributed by atoms with van der Waals surface area (Å²) in [6.45, 7) is 0.157. The van der Waals surface area contributed by atoms with Crippen molar-refractivity contribution < 1.29 is 24.5 Å². The van der Waals surface area contributed by atoms with Gasteiger partial charge in [-0.05, 0) is 36.2 Å². The van der Waals surface area contributed by atoms with Gasteiger partial charge in [0.25, 0.3) is 23.1 Å². The zero-order valence-electron chi connectivity index (χ0n) is 18.2. The number of aliphatic hydroxyl groups excluding tert-OH is 1. The van der Waals surface area contributed by atoms with E-state index in [1.807, 2.05) is 0 Å². The molecule has 0 aliphatic carbocycles. The number of aromatic nitrogens is 2. The molecule has 0 radical (unpaired) electrons. The molecule has 1 atom stereocenters. The van der Waals surface area contributed by atoms with Gasteiger partial charge in [0.2, 0.25) is 0 Å². The predicted molar refractivity (Wildman–Crippen MR) is 122 cm³/mol. The molecule has 1 aliphatic heterocycles. The number of carbonyl (C=O) groups excluding carboxylic acids is 2. The average molecular weight is 477 g/mol. The van der Waals surface area contributed by atoms with Crippen molar-refractivity contribution in [2.24, 2.45) is 0 Å². The number of aliphatic hydroxyl groups is 1. The molecule has 1 fully saturated rings. The molecule has 0 saturated carbocycles. The van der Waals surface area contributed by atoms with Crippen molar-refractivity contribution in [3.63, 3.8) is 0 Å². The predicted octanol–water partition coefficient (Wildman–Crippen LogP) is 3.28. The SMILES string of the molecule is O=C1C(=O)N(CCCc2ncc[nH]2)C(c2ccc([N+](=O)[O-])cc2)/C1=C(\O)c1ccc([N+](=O)[O-])cc1. The van der Waals surface area contributed by atoms with Crippen LogP contribution in [0.3, 0.4) is 0 Å². The van der Waals surface area contributed by atoms with Gasteiger partial charge in [0.15, 0.2) is 0 Å². The molecular weight excluding hydrogens is 458 g/mol. The second kappa shape index (κ2) is 9.55. The first-order chi connectivity index (χ1) is 16.8. The molecule has 2 N–H and O–H groups in total. The maximum Gasteiger partial charge on any atom is 0.295 e. The van der Waals surface area contributed by atoms with Crippen LogP contribution in [0.15, 0.2) is 66.5 Å². The number of ketones is 1. The number of non-ortho nitro benzene ring substituents is 2. The van der Waals surface area contributed by atoms with E-state index < -0.39 is 33.3 Å². The maximum atomic E-state index is 13.0. The first-order valence-electron chi connectivity index (χ1n) is 10.5. The summed E-state index contributed by atoms with van der Waals surface area (Å²) >= 11 is 0. The van der Waals surface area contributed by atoms with E-state index in [9.17, 15) is 34.9 Å². The third kappa shape index (κ3) is 4.62. The number of nitro groups is 2. The van der Waals surface area contributed by atoms with Crippen molar-refractivity contribution in [3.05, 3.63) is 104 Å². The summed E-state index contributed by atoms with van der Waals surface area (Å²) in [5.74, 6) is -1.52. The molecule has 2 aromatic carbocycles. The molecule has 12 nitrogen and oxygen atoms in total. The molecule has 1 amide bonds. The van der Waals surface area contributed by atoms with Crippen molar-refractivity contribution >= 4 is 28.8 Å². The highest BCUT2D eigenvalue weighted by Gasteiger charge is 2.45. The number of nitro benzene ring substituents is 2. The number of hydrogen-bond acceptors (Lipinski definition) is 8. The van der Waals surface area contributed by atoms with E-state index in [4.69, 9.17) is 0 Å². The second-order valence-corrected chi connectivity index (χ2v) is 7.78. The highest BCUT2D eigenvalue weighted by atomic mass is 16.6. The zero-order chi connectivity index (χ0) is 25.1. The molecule has 0 bridgehead atoms. The lowest BCUT2D eigenvalue weighted by Gasteiger charge is -2.25. The van der Waals surface area contributed by atoms with Crippen LogP contribution in [-0.4, -0.2) is 48.1 Å². The van der Waals surface area contributed by atoms with Crippen LogP contribution in [0.5, 0.6) is 0 Å². The van der Waals surface area contributed by atoms with Crippen LogP contribution in [0.1, 0.15) is 29.4 Å². The summed E-state index contributed by atoms with van der Waals surface area (Å²) in [4.78, 5) is 55.2. The van der Waals surface area contributed by atoms with Gasteiger partial charge in [-0.25, -0.2) is 4.98 Å². The van der Waals surface area contributed by atoms with E-state index in [0.717, 1.165) is 0 Å². The Balaban J connectivity index is 1.74. The fraction of sp³-hybridized carbons (Fsp3) is 0.174. The number of H-pyrrole nitrogens is 1. The Hall–Kier alpha value is -4.87. The van der Waals surface area contributed by atoms with Crippen LogP contribution < -0.4 is 0 Å². The van der Waals surface area contributed by atoms with Crippen molar-refractivity contribution in [3.8, 4) is 0 Å². The van der Waals surface area contributed by atoms with E-state index in [1.165, 1.54) is 53.4 Å². The first kappa shape index (κ1) is 23.3. The Labute approximate surface area is 197 Å². The number of amides is 1. The lowest BCUT2D eigenvalue weighted by molar-refractivity contribution is -0.385. The van der Waals surface area contributed by atoms with Crippen molar-refractivity contribution in [2.45, 2.75) is 18.9 Å². The Morgan fingerprint density at radius 3 is 2.14 bits per heavy atom. The normalized spacial score (nSPS) is 17.0. The molecule has 178 valence electrons. The number of hydrogen-bond donors (Lipinski definition) is 2. The minimum Gasteiger partial charge on any atom is -0.507 e. The van der Waals surface area contributed by atoms with Gasteiger partial charge in [-0.2, -0.15) is 0 Å². The summed E-state index contributed by atoms with van der Waals surface area (Å²) in [5.41, 5.74) is -0.0474. The number of aromatic amines is 1. The second-order valence-electron chi connectivity index (χ2n) is 7.78. The van der Waals surface area contributed by atoms with Gasteiger partial charge in [0, 0.05) is 55.2 Å².